The Kier molecular flexibility index (Phi) is 6.98. The van der Waals surface area contributed by atoms with E-state index in [4.69, 9.17) is 21.1 Å². The highest BCUT2D eigenvalue weighted by molar-refractivity contribution is 6.32. The fraction of sp³-hybridized carbons (Fsp3) is 0.174. The first-order valence-corrected chi connectivity index (χ1v) is 9.55. The number of methoxy groups -OCH3 is 2. The first-order chi connectivity index (χ1) is 14.1. The van der Waals surface area contributed by atoms with E-state index in [-0.39, 0.29) is 18.5 Å². The molecule has 150 valence electrons. The highest BCUT2D eigenvalue weighted by Crippen LogP contribution is 2.35. The van der Waals surface area contributed by atoms with Crippen molar-refractivity contribution in [2.45, 2.75) is 6.04 Å². The minimum absolute atomic E-state index is 0.0668. The Morgan fingerprint density at radius 1 is 0.897 bits per heavy atom. The summed E-state index contributed by atoms with van der Waals surface area (Å²) in [5, 5.41) is 6.63. The van der Waals surface area contributed by atoms with Crippen LogP contribution >= 0.6 is 11.6 Å². The number of hydrogen-bond donors (Lipinski definition) is 2. The molecule has 5 nitrogen and oxygen atoms in total. The molecule has 29 heavy (non-hydrogen) atoms. The van der Waals surface area contributed by atoms with E-state index in [1.807, 2.05) is 60.7 Å². The number of anilines is 1. The standard InChI is InChI=1S/C23H23ClN2O3/c1-28-20-14-19(21(29-2)13-18(20)24)25-15-22(27)26-23(16-9-5-3-6-10-16)17-11-7-4-8-12-17/h3-14,23,25H,15H2,1-2H3,(H,26,27). The van der Waals surface area contributed by atoms with Crippen LogP contribution in [0.15, 0.2) is 72.8 Å². The molecule has 0 spiro atoms. The summed E-state index contributed by atoms with van der Waals surface area (Å²) in [6, 6.07) is 22.9. The molecule has 0 radical (unpaired) electrons. The zero-order valence-corrected chi connectivity index (χ0v) is 17.1. The van der Waals surface area contributed by atoms with E-state index < -0.39 is 0 Å². The lowest BCUT2D eigenvalue weighted by molar-refractivity contribution is -0.119. The van der Waals surface area contributed by atoms with Crippen molar-refractivity contribution in [3.63, 3.8) is 0 Å². The summed E-state index contributed by atoms with van der Waals surface area (Å²) in [6.07, 6.45) is 0. The molecule has 1 amide bonds. The van der Waals surface area contributed by atoms with Gasteiger partial charge in [-0.2, -0.15) is 0 Å². The molecule has 0 aliphatic carbocycles. The maximum absolute atomic E-state index is 12.7. The van der Waals surface area contributed by atoms with Crippen molar-refractivity contribution >= 4 is 23.2 Å². The van der Waals surface area contributed by atoms with Crippen LogP contribution in [0.3, 0.4) is 0 Å². The summed E-state index contributed by atoms with van der Waals surface area (Å²) < 4.78 is 10.6. The van der Waals surface area contributed by atoms with Gasteiger partial charge in [-0.3, -0.25) is 4.79 Å². The van der Waals surface area contributed by atoms with Crippen LogP contribution in [-0.4, -0.2) is 26.7 Å². The molecule has 3 aromatic rings. The third-order valence-electron chi connectivity index (χ3n) is 4.48. The molecule has 0 saturated heterocycles. The molecule has 0 atom stereocenters. The summed E-state index contributed by atoms with van der Waals surface area (Å²) in [7, 11) is 3.08. The van der Waals surface area contributed by atoms with E-state index in [2.05, 4.69) is 10.6 Å². The Balaban J connectivity index is 1.75. The number of halogens is 1. The third kappa shape index (κ3) is 5.21. The zero-order chi connectivity index (χ0) is 20.6. The van der Waals surface area contributed by atoms with Gasteiger partial charge >= 0.3 is 0 Å². The monoisotopic (exact) mass is 410 g/mol. The van der Waals surface area contributed by atoms with Gasteiger partial charge in [-0.15, -0.1) is 0 Å². The number of amides is 1. The topological polar surface area (TPSA) is 59.6 Å². The summed E-state index contributed by atoms with van der Waals surface area (Å²) in [5.41, 5.74) is 2.65. The van der Waals surface area contributed by atoms with Crippen LogP contribution in [0.4, 0.5) is 5.69 Å². The molecule has 0 heterocycles. The number of rotatable bonds is 8. The second kappa shape index (κ2) is 9.85. The third-order valence-corrected chi connectivity index (χ3v) is 4.78. The highest BCUT2D eigenvalue weighted by Gasteiger charge is 2.17. The fourth-order valence-electron chi connectivity index (χ4n) is 3.04. The molecule has 6 heteroatoms. The molecule has 0 aliphatic heterocycles. The van der Waals surface area contributed by atoms with Crippen LogP contribution in [0.25, 0.3) is 0 Å². The average Bonchev–Trinajstić information content (AvgIpc) is 2.77. The maximum Gasteiger partial charge on any atom is 0.240 e. The van der Waals surface area contributed by atoms with Gasteiger partial charge in [0.15, 0.2) is 0 Å². The normalized spacial score (nSPS) is 10.5. The van der Waals surface area contributed by atoms with Crippen LogP contribution in [0.2, 0.25) is 5.02 Å². The number of carbonyl (C=O) groups excluding carboxylic acids is 1. The fourth-order valence-corrected chi connectivity index (χ4v) is 3.27. The van der Waals surface area contributed by atoms with Crippen LogP contribution in [0, 0.1) is 0 Å². The van der Waals surface area contributed by atoms with Crippen molar-refractivity contribution in [1.29, 1.82) is 0 Å². The first kappa shape index (κ1) is 20.6. The Morgan fingerprint density at radius 3 is 1.97 bits per heavy atom. The van der Waals surface area contributed by atoms with E-state index in [1.165, 1.54) is 7.11 Å². The van der Waals surface area contributed by atoms with Crippen LogP contribution in [0.5, 0.6) is 11.5 Å². The number of hydrogen-bond acceptors (Lipinski definition) is 4. The maximum atomic E-state index is 12.7. The largest absolute Gasteiger partial charge is 0.495 e. The van der Waals surface area contributed by atoms with Crippen molar-refractivity contribution in [3.05, 3.63) is 88.9 Å². The molecule has 0 saturated carbocycles. The van der Waals surface area contributed by atoms with Gasteiger partial charge in [-0.05, 0) is 11.1 Å². The van der Waals surface area contributed by atoms with Crippen molar-refractivity contribution in [2.75, 3.05) is 26.1 Å². The smallest absolute Gasteiger partial charge is 0.240 e. The van der Waals surface area contributed by atoms with Gasteiger partial charge in [0.2, 0.25) is 5.91 Å². The predicted octanol–water partition coefficient (Wildman–Crippen LogP) is 4.67. The number of carbonyl (C=O) groups is 1. The second-order valence-corrected chi connectivity index (χ2v) is 6.77. The molecule has 2 N–H and O–H groups in total. The molecule has 0 fully saturated rings. The van der Waals surface area contributed by atoms with E-state index in [1.54, 1.807) is 19.2 Å². The van der Waals surface area contributed by atoms with E-state index >= 15 is 0 Å². The predicted molar refractivity (Wildman–Crippen MR) is 116 cm³/mol. The molecular weight excluding hydrogens is 388 g/mol. The van der Waals surface area contributed by atoms with Gasteiger partial charge in [0.25, 0.3) is 0 Å². The minimum Gasteiger partial charge on any atom is -0.495 e. The molecule has 0 unspecified atom stereocenters. The SMILES string of the molecule is COc1cc(NCC(=O)NC(c2ccccc2)c2ccccc2)c(OC)cc1Cl. The van der Waals surface area contributed by atoms with Gasteiger partial charge in [-0.25, -0.2) is 0 Å². The van der Waals surface area contributed by atoms with Crippen LogP contribution in [-0.2, 0) is 4.79 Å². The lowest BCUT2D eigenvalue weighted by atomic mass is 9.99. The van der Waals surface area contributed by atoms with E-state index in [0.717, 1.165) is 11.1 Å². The van der Waals surface area contributed by atoms with Crippen molar-refractivity contribution in [1.82, 2.24) is 5.32 Å². The lowest BCUT2D eigenvalue weighted by Gasteiger charge is -2.20. The van der Waals surface area contributed by atoms with E-state index in [9.17, 15) is 4.79 Å². The summed E-state index contributed by atoms with van der Waals surface area (Å²) in [5.74, 6) is 0.881. The van der Waals surface area contributed by atoms with Gasteiger partial charge in [0.05, 0.1) is 37.5 Å². The van der Waals surface area contributed by atoms with Gasteiger partial charge in [0.1, 0.15) is 11.5 Å². The van der Waals surface area contributed by atoms with Crippen molar-refractivity contribution < 1.29 is 14.3 Å². The highest BCUT2D eigenvalue weighted by atomic mass is 35.5. The van der Waals surface area contributed by atoms with E-state index in [0.29, 0.717) is 22.2 Å². The second-order valence-electron chi connectivity index (χ2n) is 6.36. The minimum atomic E-state index is -0.242. The summed E-state index contributed by atoms with van der Waals surface area (Å²) in [4.78, 5) is 12.7. The lowest BCUT2D eigenvalue weighted by Crippen LogP contribution is -2.34. The van der Waals surface area contributed by atoms with Gasteiger partial charge < -0.3 is 20.1 Å². The number of nitrogens with one attached hydrogen (secondary N) is 2. The first-order valence-electron chi connectivity index (χ1n) is 9.17. The zero-order valence-electron chi connectivity index (χ0n) is 16.3. The van der Waals surface area contributed by atoms with Crippen molar-refractivity contribution in [3.8, 4) is 11.5 Å². The Labute approximate surface area is 175 Å². The quantitative estimate of drug-likeness (QED) is 0.566. The Hall–Kier alpha value is -3.18. The summed E-state index contributed by atoms with van der Waals surface area (Å²) in [6.45, 7) is 0.0668. The Bertz CT molecular complexity index is 910. The number of benzene rings is 3. The van der Waals surface area contributed by atoms with Gasteiger partial charge in [0, 0.05) is 12.1 Å². The average molecular weight is 411 g/mol. The van der Waals surface area contributed by atoms with Crippen molar-refractivity contribution in [2.24, 2.45) is 0 Å². The number of ether oxygens (including phenoxy) is 2. The van der Waals surface area contributed by atoms with Crippen LogP contribution in [0.1, 0.15) is 17.2 Å². The molecule has 3 aromatic carbocycles. The summed E-state index contributed by atoms with van der Waals surface area (Å²) >= 11 is 6.14. The molecule has 0 aliphatic rings. The molecule has 3 rings (SSSR count). The van der Waals surface area contributed by atoms with Gasteiger partial charge in [-0.1, -0.05) is 72.3 Å². The molecule has 0 bridgehead atoms. The Morgan fingerprint density at radius 2 is 1.45 bits per heavy atom. The molecular formula is C23H23ClN2O3. The molecule has 0 aromatic heterocycles. The van der Waals surface area contributed by atoms with Crippen LogP contribution < -0.4 is 20.1 Å².